The van der Waals surface area contributed by atoms with Gasteiger partial charge in [-0.2, -0.15) is 0 Å². The molecule has 2 rings (SSSR count). The molecule has 2 heterocycles. The average Bonchev–Trinajstić information content (AvgIpc) is 2.38. The van der Waals surface area contributed by atoms with Crippen molar-refractivity contribution in [1.29, 1.82) is 0 Å². The molecule has 0 radical (unpaired) electrons. The van der Waals surface area contributed by atoms with E-state index in [1.54, 1.807) is 4.90 Å². The van der Waals surface area contributed by atoms with Crippen LogP contribution in [-0.4, -0.2) is 35.4 Å². The Morgan fingerprint density at radius 1 is 1.53 bits per heavy atom. The Bertz CT molecular complexity index is 447. The van der Waals surface area contributed by atoms with Crippen molar-refractivity contribution in [1.82, 2.24) is 15.2 Å². The maximum Gasteiger partial charge on any atom is 0.239 e. The van der Waals surface area contributed by atoms with Crippen LogP contribution in [0.2, 0.25) is 0 Å². The fourth-order valence-corrected chi connectivity index (χ4v) is 2.57. The van der Waals surface area contributed by atoms with Gasteiger partial charge in [0.1, 0.15) is 0 Å². The first kappa shape index (κ1) is 14.0. The number of aryl methyl sites for hydroxylation is 1. The summed E-state index contributed by atoms with van der Waals surface area (Å²) in [5, 5.41) is 3.32. The van der Waals surface area contributed by atoms with Crippen LogP contribution in [0, 0.1) is 12.8 Å². The van der Waals surface area contributed by atoms with Gasteiger partial charge in [0.2, 0.25) is 5.91 Å². The molecule has 0 spiro atoms. The minimum absolute atomic E-state index is 0.0291. The maximum absolute atomic E-state index is 12.4. The lowest BCUT2D eigenvalue weighted by atomic mass is 9.93. The van der Waals surface area contributed by atoms with Crippen LogP contribution in [0.25, 0.3) is 0 Å². The summed E-state index contributed by atoms with van der Waals surface area (Å²) in [6, 6.07) is 5.89. The lowest BCUT2D eigenvalue weighted by Gasteiger charge is -2.30. The fraction of sp³-hybridized carbons (Fsp3) is 0.600. The van der Waals surface area contributed by atoms with Gasteiger partial charge >= 0.3 is 0 Å². The number of pyridine rings is 1. The van der Waals surface area contributed by atoms with Gasteiger partial charge in [-0.15, -0.1) is 0 Å². The monoisotopic (exact) mass is 261 g/mol. The Hall–Kier alpha value is -1.42. The summed E-state index contributed by atoms with van der Waals surface area (Å²) >= 11 is 0. The van der Waals surface area contributed by atoms with Gasteiger partial charge in [-0.05, 0) is 44.4 Å². The molecule has 1 saturated heterocycles. The first-order chi connectivity index (χ1) is 9.06. The summed E-state index contributed by atoms with van der Waals surface area (Å²) in [6.07, 6.45) is 2.09. The minimum atomic E-state index is -0.0291. The van der Waals surface area contributed by atoms with Crippen molar-refractivity contribution < 1.29 is 4.79 Å². The highest BCUT2D eigenvalue weighted by Crippen LogP contribution is 2.16. The van der Waals surface area contributed by atoms with E-state index in [1.165, 1.54) is 0 Å². The van der Waals surface area contributed by atoms with Crippen LogP contribution in [0.4, 0.5) is 0 Å². The molecule has 0 aliphatic carbocycles. The second kappa shape index (κ2) is 6.15. The normalized spacial score (nSPS) is 23.1. The molecule has 1 fully saturated rings. The van der Waals surface area contributed by atoms with Crippen molar-refractivity contribution in [3.8, 4) is 0 Å². The molecule has 1 aliphatic rings. The van der Waals surface area contributed by atoms with E-state index in [9.17, 15) is 4.79 Å². The first-order valence-electron chi connectivity index (χ1n) is 6.97. The Morgan fingerprint density at radius 3 is 3.00 bits per heavy atom. The van der Waals surface area contributed by atoms with Gasteiger partial charge in [-0.3, -0.25) is 9.78 Å². The number of aromatic nitrogens is 1. The fourth-order valence-electron chi connectivity index (χ4n) is 2.57. The van der Waals surface area contributed by atoms with Crippen molar-refractivity contribution in [3.05, 3.63) is 29.6 Å². The number of carbonyl (C=O) groups excluding carboxylic acids is 1. The molecule has 0 bridgehead atoms. The molecular weight excluding hydrogens is 238 g/mol. The molecule has 4 heteroatoms. The van der Waals surface area contributed by atoms with Crippen LogP contribution in [-0.2, 0) is 11.3 Å². The Balaban J connectivity index is 1.95. The van der Waals surface area contributed by atoms with E-state index in [-0.39, 0.29) is 11.9 Å². The van der Waals surface area contributed by atoms with Gasteiger partial charge in [0, 0.05) is 12.7 Å². The number of piperidine rings is 1. The molecule has 1 aliphatic heterocycles. The van der Waals surface area contributed by atoms with Crippen LogP contribution < -0.4 is 5.32 Å². The molecule has 0 aromatic carbocycles. The van der Waals surface area contributed by atoms with E-state index >= 15 is 0 Å². The van der Waals surface area contributed by atoms with Gasteiger partial charge in [0.25, 0.3) is 0 Å². The number of likely N-dealkylation sites (N-methyl/N-ethyl adjacent to an activating group) is 1. The van der Waals surface area contributed by atoms with Crippen LogP contribution in [0.3, 0.4) is 0 Å². The molecular formula is C15H23N3O. The van der Waals surface area contributed by atoms with Gasteiger partial charge in [0.15, 0.2) is 0 Å². The topological polar surface area (TPSA) is 45.2 Å². The largest absolute Gasteiger partial charge is 0.339 e. The van der Waals surface area contributed by atoms with Gasteiger partial charge < -0.3 is 10.2 Å². The number of nitrogens with one attached hydrogen (secondary N) is 1. The zero-order valence-electron chi connectivity index (χ0n) is 12.0. The molecule has 1 aromatic rings. The predicted octanol–water partition coefficient (Wildman–Crippen LogP) is 1.74. The van der Waals surface area contributed by atoms with Crippen molar-refractivity contribution in [2.24, 2.45) is 5.92 Å². The van der Waals surface area contributed by atoms with E-state index in [0.29, 0.717) is 12.5 Å². The highest BCUT2D eigenvalue weighted by molar-refractivity contribution is 5.81. The summed E-state index contributed by atoms with van der Waals surface area (Å²) in [6.45, 7) is 5.69. The Morgan fingerprint density at radius 2 is 2.32 bits per heavy atom. The van der Waals surface area contributed by atoms with E-state index < -0.39 is 0 Å². The summed E-state index contributed by atoms with van der Waals surface area (Å²) in [7, 11) is 1.85. The zero-order valence-corrected chi connectivity index (χ0v) is 12.0. The summed E-state index contributed by atoms with van der Waals surface area (Å²) in [4.78, 5) is 18.6. The van der Waals surface area contributed by atoms with Crippen LogP contribution >= 0.6 is 0 Å². The third-order valence-electron chi connectivity index (χ3n) is 3.69. The number of nitrogens with zero attached hydrogens (tertiary/aromatic N) is 2. The number of amides is 1. The lowest BCUT2D eigenvalue weighted by molar-refractivity contribution is -0.133. The highest BCUT2D eigenvalue weighted by atomic mass is 16.2. The number of hydrogen-bond donors (Lipinski definition) is 1. The second-order valence-corrected chi connectivity index (χ2v) is 5.60. The van der Waals surface area contributed by atoms with Gasteiger partial charge in [-0.1, -0.05) is 13.0 Å². The van der Waals surface area contributed by atoms with Crippen LogP contribution in [0.1, 0.15) is 31.2 Å². The van der Waals surface area contributed by atoms with Gasteiger partial charge in [0.05, 0.1) is 18.3 Å². The molecule has 104 valence electrons. The number of carbonyl (C=O) groups is 1. The van der Waals surface area contributed by atoms with Crippen molar-refractivity contribution >= 4 is 5.91 Å². The van der Waals surface area contributed by atoms with E-state index in [0.717, 1.165) is 30.8 Å². The summed E-state index contributed by atoms with van der Waals surface area (Å²) in [5.74, 6) is 0.801. The highest BCUT2D eigenvalue weighted by Gasteiger charge is 2.26. The van der Waals surface area contributed by atoms with Crippen molar-refractivity contribution in [3.63, 3.8) is 0 Å². The van der Waals surface area contributed by atoms with E-state index in [2.05, 4.69) is 17.2 Å². The minimum Gasteiger partial charge on any atom is -0.339 e. The molecule has 1 amide bonds. The van der Waals surface area contributed by atoms with E-state index in [1.807, 2.05) is 32.2 Å². The third kappa shape index (κ3) is 3.77. The summed E-state index contributed by atoms with van der Waals surface area (Å²) < 4.78 is 0. The summed E-state index contributed by atoms with van der Waals surface area (Å²) in [5.41, 5.74) is 1.93. The Kier molecular flexibility index (Phi) is 4.53. The van der Waals surface area contributed by atoms with Crippen molar-refractivity contribution in [2.45, 2.75) is 39.3 Å². The molecule has 1 N–H and O–H groups in total. The molecule has 2 atom stereocenters. The molecule has 1 aromatic heterocycles. The second-order valence-electron chi connectivity index (χ2n) is 5.60. The predicted molar refractivity (Wildman–Crippen MR) is 75.6 cm³/mol. The SMILES string of the molecule is Cc1cccc(CN(C)C(=O)C2CC(C)CCN2)n1. The van der Waals surface area contributed by atoms with E-state index in [4.69, 9.17) is 0 Å². The molecule has 0 saturated carbocycles. The maximum atomic E-state index is 12.4. The molecule has 19 heavy (non-hydrogen) atoms. The first-order valence-corrected chi connectivity index (χ1v) is 6.97. The third-order valence-corrected chi connectivity index (χ3v) is 3.69. The molecule has 4 nitrogen and oxygen atoms in total. The average molecular weight is 261 g/mol. The van der Waals surface area contributed by atoms with Gasteiger partial charge in [-0.25, -0.2) is 0 Å². The zero-order chi connectivity index (χ0) is 13.8. The van der Waals surface area contributed by atoms with Crippen LogP contribution in [0.15, 0.2) is 18.2 Å². The quantitative estimate of drug-likeness (QED) is 0.901. The lowest BCUT2D eigenvalue weighted by Crippen LogP contribution is -2.48. The number of hydrogen-bond acceptors (Lipinski definition) is 3. The Labute approximate surface area is 115 Å². The van der Waals surface area contributed by atoms with Crippen LogP contribution in [0.5, 0.6) is 0 Å². The number of rotatable bonds is 3. The standard InChI is InChI=1S/C15H23N3O/c1-11-7-8-16-14(9-11)15(19)18(3)10-13-6-4-5-12(2)17-13/h4-6,11,14,16H,7-10H2,1-3H3. The molecule has 2 unspecified atom stereocenters. The van der Waals surface area contributed by atoms with Crippen molar-refractivity contribution in [2.75, 3.05) is 13.6 Å². The smallest absolute Gasteiger partial charge is 0.239 e.